The second-order valence-electron chi connectivity index (χ2n) is 6.89. The van der Waals surface area contributed by atoms with Gasteiger partial charge >= 0.3 is 24.3 Å². The maximum absolute atomic E-state index is 12.3. The van der Waals surface area contributed by atoms with Gasteiger partial charge in [0.25, 0.3) is 5.96 Å². The SMILES string of the molecule is NC(=O)[C@H]1C[C@H](N)CN1C(=O)[C@@H](N)CCCN=C(N)N[N+](=O)[O-].O=C(O)C(F)(F)F.O=C(O)C(F)(F)F. The molecule has 1 saturated heterocycles. The lowest BCUT2D eigenvalue weighted by Gasteiger charge is -2.25. The molecule has 22 heteroatoms. The number of hydrogen-bond acceptors (Lipinski definition) is 9. The number of carboxylic acid groups (broad SMARTS) is 2. The summed E-state index contributed by atoms with van der Waals surface area (Å²) in [7, 11) is 0. The number of nitro groups is 1. The minimum absolute atomic E-state index is 0.173. The first-order valence-electron chi connectivity index (χ1n) is 9.53. The van der Waals surface area contributed by atoms with Crippen LogP contribution in [0.5, 0.6) is 0 Å². The first-order chi connectivity index (χ1) is 16.6. The highest BCUT2D eigenvalue weighted by Gasteiger charge is 2.39. The number of hydrogen-bond donors (Lipinski definition) is 7. The van der Waals surface area contributed by atoms with E-state index in [0.29, 0.717) is 12.8 Å². The average molecular weight is 558 g/mol. The molecule has 0 spiro atoms. The van der Waals surface area contributed by atoms with Gasteiger partial charge in [0, 0.05) is 19.1 Å². The van der Waals surface area contributed by atoms with Crippen LogP contribution in [0.4, 0.5) is 26.3 Å². The fraction of sp³-hybridized carbons (Fsp3) is 0.667. The summed E-state index contributed by atoms with van der Waals surface area (Å²) >= 11 is 0. The molecule has 0 aromatic heterocycles. The molecule has 1 aliphatic rings. The zero-order valence-electron chi connectivity index (χ0n) is 18.5. The number of aliphatic carboxylic acids is 2. The second kappa shape index (κ2) is 15.2. The van der Waals surface area contributed by atoms with Gasteiger partial charge in [-0.15, -0.1) is 0 Å². The number of rotatable bonds is 7. The number of carbonyl (C=O) groups is 4. The van der Waals surface area contributed by atoms with Gasteiger partial charge in [-0.25, -0.2) is 24.7 Å². The lowest BCUT2D eigenvalue weighted by molar-refractivity contribution is -0.525. The Morgan fingerprint density at radius 3 is 1.86 bits per heavy atom. The van der Waals surface area contributed by atoms with Gasteiger partial charge in [0.15, 0.2) is 5.03 Å². The molecule has 0 unspecified atom stereocenters. The van der Waals surface area contributed by atoms with E-state index in [1.54, 1.807) is 5.43 Å². The maximum atomic E-state index is 12.3. The van der Waals surface area contributed by atoms with Crippen LogP contribution in [0.15, 0.2) is 4.99 Å². The standard InChI is InChI=1S/C11H22N8O4.2C2HF3O2/c12-6-4-8(9(14)20)18(5-6)10(21)7(13)2-1-3-16-11(15)17-19(22)23;2*3-2(4,5)1(6)7/h6-8H,1-5,12-13H2,(H2,14,20)(H3,15,16,17);2*(H,6,7)/t6-,7-,8+;;/m0../s1. The van der Waals surface area contributed by atoms with Crippen LogP contribution in [0.2, 0.25) is 0 Å². The molecule has 3 atom stereocenters. The Kier molecular flexibility index (Phi) is 14.5. The van der Waals surface area contributed by atoms with E-state index in [4.69, 9.17) is 42.7 Å². The molecule has 2 amide bonds. The quantitative estimate of drug-likeness (QED) is 0.0440. The zero-order valence-corrected chi connectivity index (χ0v) is 18.5. The maximum Gasteiger partial charge on any atom is 0.490 e. The number of nitrogens with one attached hydrogen (secondary N) is 1. The molecular formula is C15H24F6N8O8. The third-order valence-electron chi connectivity index (χ3n) is 3.91. The number of carbonyl (C=O) groups excluding carboxylic acids is 2. The van der Waals surface area contributed by atoms with Crippen LogP contribution < -0.4 is 28.4 Å². The minimum Gasteiger partial charge on any atom is -0.475 e. The number of likely N-dealkylation sites (tertiary alicyclic amines) is 1. The minimum atomic E-state index is -5.08. The fourth-order valence-electron chi connectivity index (χ4n) is 2.36. The molecule has 1 rings (SSSR count). The normalized spacial score (nSPS) is 18.4. The Labute approximate surface area is 202 Å². The number of alkyl halides is 6. The molecule has 1 fully saturated rings. The van der Waals surface area contributed by atoms with Crippen molar-refractivity contribution in [2.75, 3.05) is 13.1 Å². The van der Waals surface area contributed by atoms with Crippen molar-refractivity contribution in [3.8, 4) is 0 Å². The highest BCUT2D eigenvalue weighted by molar-refractivity contribution is 5.89. The monoisotopic (exact) mass is 558 g/mol. The molecular weight excluding hydrogens is 534 g/mol. The van der Waals surface area contributed by atoms with Crippen LogP contribution in [0.1, 0.15) is 19.3 Å². The molecule has 37 heavy (non-hydrogen) atoms. The first-order valence-corrected chi connectivity index (χ1v) is 9.53. The molecule has 11 N–H and O–H groups in total. The zero-order chi connectivity index (χ0) is 29.7. The Hall–Kier alpha value is -3.95. The third-order valence-corrected chi connectivity index (χ3v) is 3.91. The van der Waals surface area contributed by atoms with E-state index in [2.05, 4.69) is 4.99 Å². The smallest absolute Gasteiger partial charge is 0.475 e. The van der Waals surface area contributed by atoms with E-state index in [1.807, 2.05) is 0 Å². The average Bonchev–Trinajstić information content (AvgIpc) is 3.11. The van der Waals surface area contributed by atoms with Crippen molar-refractivity contribution < 1.29 is 60.8 Å². The number of nitrogens with two attached hydrogens (primary N) is 4. The summed E-state index contributed by atoms with van der Waals surface area (Å²) in [5, 5.41) is 23.5. The third kappa shape index (κ3) is 15.6. The molecule has 0 aliphatic carbocycles. The molecule has 214 valence electrons. The molecule has 0 bridgehead atoms. The predicted octanol–water partition coefficient (Wildman–Crippen LogP) is -2.13. The van der Waals surface area contributed by atoms with Gasteiger partial charge in [-0.1, -0.05) is 5.43 Å². The lowest BCUT2D eigenvalue weighted by atomic mass is 10.1. The van der Waals surface area contributed by atoms with Crippen molar-refractivity contribution in [1.29, 1.82) is 0 Å². The van der Waals surface area contributed by atoms with Crippen molar-refractivity contribution in [2.45, 2.75) is 49.7 Å². The molecule has 1 heterocycles. The largest absolute Gasteiger partial charge is 0.490 e. The number of guanidine groups is 1. The number of primary amides is 1. The Balaban J connectivity index is 0. The summed E-state index contributed by atoms with van der Waals surface area (Å²) in [6, 6.07) is -1.87. The number of carboxylic acids is 2. The summed E-state index contributed by atoms with van der Waals surface area (Å²) in [6.07, 6.45) is -9.17. The van der Waals surface area contributed by atoms with Crippen molar-refractivity contribution in [3.05, 3.63) is 10.1 Å². The summed E-state index contributed by atoms with van der Waals surface area (Å²) in [6.45, 7) is 0.407. The van der Waals surface area contributed by atoms with Crippen LogP contribution in [-0.2, 0) is 19.2 Å². The van der Waals surface area contributed by atoms with Crippen molar-refractivity contribution in [1.82, 2.24) is 10.3 Å². The van der Waals surface area contributed by atoms with Gasteiger partial charge in [0.2, 0.25) is 11.8 Å². The van der Waals surface area contributed by atoms with Crippen LogP contribution in [0.3, 0.4) is 0 Å². The number of amides is 2. The van der Waals surface area contributed by atoms with Crippen molar-refractivity contribution >= 4 is 29.7 Å². The van der Waals surface area contributed by atoms with Crippen molar-refractivity contribution in [3.63, 3.8) is 0 Å². The molecule has 16 nitrogen and oxygen atoms in total. The lowest BCUT2D eigenvalue weighted by Crippen LogP contribution is -2.50. The first kappa shape index (κ1) is 35.2. The summed E-state index contributed by atoms with van der Waals surface area (Å²) in [4.78, 5) is 56.5. The molecule has 0 saturated carbocycles. The van der Waals surface area contributed by atoms with Crippen LogP contribution >= 0.6 is 0 Å². The van der Waals surface area contributed by atoms with Crippen LogP contribution in [0, 0.1) is 10.1 Å². The topological polar surface area (TPSA) is 284 Å². The number of halogens is 6. The summed E-state index contributed by atoms with van der Waals surface area (Å²) < 4.78 is 63.5. The molecule has 0 radical (unpaired) electrons. The van der Waals surface area contributed by atoms with E-state index in [-0.39, 0.29) is 31.5 Å². The molecule has 0 aromatic rings. The Morgan fingerprint density at radius 1 is 1.08 bits per heavy atom. The predicted molar refractivity (Wildman–Crippen MR) is 108 cm³/mol. The highest BCUT2D eigenvalue weighted by Crippen LogP contribution is 2.18. The van der Waals surface area contributed by atoms with Gasteiger partial charge in [0.1, 0.15) is 6.04 Å². The number of nitrogens with zero attached hydrogens (tertiary/aromatic N) is 3. The van der Waals surface area contributed by atoms with Gasteiger partial charge in [-0.3, -0.25) is 9.59 Å². The summed E-state index contributed by atoms with van der Waals surface area (Å²) in [5.41, 5.74) is 23.8. The van der Waals surface area contributed by atoms with Crippen molar-refractivity contribution in [2.24, 2.45) is 27.9 Å². The fourth-order valence-corrected chi connectivity index (χ4v) is 2.36. The van der Waals surface area contributed by atoms with E-state index in [9.17, 15) is 46.0 Å². The molecule has 1 aliphatic heterocycles. The Bertz CT molecular complexity index is 830. The van der Waals surface area contributed by atoms with E-state index in [1.165, 1.54) is 4.90 Å². The number of aliphatic imine (C=N–C) groups is 1. The van der Waals surface area contributed by atoms with Gasteiger partial charge in [-0.2, -0.15) is 26.3 Å². The van der Waals surface area contributed by atoms with Gasteiger partial charge in [0.05, 0.1) is 6.04 Å². The van der Waals surface area contributed by atoms with Crippen LogP contribution in [0.25, 0.3) is 0 Å². The highest BCUT2D eigenvalue weighted by atomic mass is 19.4. The number of hydrazine groups is 1. The Morgan fingerprint density at radius 2 is 1.51 bits per heavy atom. The van der Waals surface area contributed by atoms with E-state index < -0.39 is 53.2 Å². The van der Waals surface area contributed by atoms with Gasteiger partial charge < -0.3 is 38.0 Å². The van der Waals surface area contributed by atoms with E-state index in [0.717, 1.165) is 0 Å². The molecule has 0 aromatic carbocycles. The van der Waals surface area contributed by atoms with Crippen LogP contribution in [-0.4, -0.2) is 93.4 Å². The van der Waals surface area contributed by atoms with E-state index >= 15 is 0 Å². The summed E-state index contributed by atoms with van der Waals surface area (Å²) in [5.74, 6) is -6.85. The second-order valence-corrected chi connectivity index (χ2v) is 6.89. The van der Waals surface area contributed by atoms with Gasteiger partial charge in [-0.05, 0) is 19.3 Å².